The first-order chi connectivity index (χ1) is 30.8. The topological polar surface area (TPSA) is 216 Å². The second kappa shape index (κ2) is 18.1. The van der Waals surface area contributed by atoms with Crippen LogP contribution in [0.2, 0.25) is 0 Å². The fourth-order valence-corrected chi connectivity index (χ4v) is 10.3. The molecule has 0 saturated carbocycles. The maximum absolute atomic E-state index is 13.2. The predicted molar refractivity (Wildman–Crippen MR) is 259 cm³/mol. The second-order valence-electron chi connectivity index (χ2n) is 20.5. The van der Waals surface area contributed by atoms with Gasteiger partial charge in [-0.15, -0.1) is 22.7 Å². The summed E-state index contributed by atoms with van der Waals surface area (Å²) in [7, 11) is 0. The summed E-state index contributed by atoms with van der Waals surface area (Å²) in [4.78, 5) is 76.1. The number of aryl methyl sites for hydroxylation is 2. The van der Waals surface area contributed by atoms with Gasteiger partial charge in [-0.3, -0.25) is 19.2 Å². The minimum absolute atomic E-state index is 0.0288. The summed E-state index contributed by atoms with van der Waals surface area (Å²) in [5.41, 5.74) is 12.6. The summed E-state index contributed by atoms with van der Waals surface area (Å²) in [6, 6.07) is 13.9. The van der Waals surface area contributed by atoms with Crippen molar-refractivity contribution in [2.24, 2.45) is 32.5 Å². The highest BCUT2D eigenvalue weighted by Gasteiger charge is 2.50. The lowest BCUT2D eigenvalue weighted by atomic mass is 9.81. The van der Waals surface area contributed by atoms with Crippen LogP contribution in [-0.4, -0.2) is 109 Å². The number of hydrogen-bond donors (Lipinski definition) is 5. The summed E-state index contributed by atoms with van der Waals surface area (Å²) in [5.74, 6) is -0.133. The lowest BCUT2D eigenvalue weighted by Gasteiger charge is -2.33. The lowest BCUT2D eigenvalue weighted by molar-refractivity contribution is -0.138. The number of aliphatic imine (C=N–C) groups is 2. The number of carbonyl (C=O) groups excluding carboxylic acids is 4. The molecule has 0 aliphatic carbocycles. The van der Waals surface area contributed by atoms with Crippen LogP contribution in [-0.2, 0) is 30.3 Å². The van der Waals surface area contributed by atoms with E-state index < -0.39 is 46.8 Å². The van der Waals surface area contributed by atoms with Crippen molar-refractivity contribution in [1.29, 1.82) is 0 Å². The number of β-amino-alcohol motifs (C(OH)–C–C–N with tert-alkyl or cyclic N) is 2. The Bertz CT molecular complexity index is 2380. The fourth-order valence-electron chi connectivity index (χ4n) is 8.67. The third-order valence-electron chi connectivity index (χ3n) is 13.6. The van der Waals surface area contributed by atoms with Crippen LogP contribution in [0.5, 0.6) is 0 Å². The van der Waals surface area contributed by atoms with Crippen molar-refractivity contribution in [3.05, 3.63) is 82.1 Å². The highest BCUT2D eigenvalue weighted by atomic mass is 32.1. The molecule has 15 nitrogen and oxygen atoms in total. The molecule has 6 heterocycles. The Balaban J connectivity index is 0.000000196. The van der Waals surface area contributed by atoms with Gasteiger partial charge in [-0.2, -0.15) is 0 Å². The van der Waals surface area contributed by atoms with E-state index in [0.29, 0.717) is 24.5 Å². The van der Waals surface area contributed by atoms with Crippen LogP contribution >= 0.6 is 22.7 Å². The maximum atomic E-state index is 13.2. The summed E-state index contributed by atoms with van der Waals surface area (Å²) >= 11 is 3.16. The Hall–Kier alpha value is -5.20. The molecule has 17 heteroatoms. The molecular weight excluding hydrogens is 875 g/mol. The smallest absolute Gasteiger partial charge is 0.257 e. The van der Waals surface area contributed by atoms with Crippen LogP contribution in [0.3, 0.4) is 0 Å². The van der Waals surface area contributed by atoms with Gasteiger partial charge in [-0.1, -0.05) is 97.0 Å². The molecule has 2 aromatic carbocycles. The van der Waals surface area contributed by atoms with E-state index >= 15 is 0 Å². The summed E-state index contributed by atoms with van der Waals surface area (Å²) in [6.07, 6.45) is -0.665. The van der Waals surface area contributed by atoms with Gasteiger partial charge in [0, 0.05) is 31.8 Å². The highest BCUT2D eigenvalue weighted by Crippen LogP contribution is 2.38. The van der Waals surface area contributed by atoms with E-state index in [4.69, 9.17) is 15.7 Å². The molecule has 0 unspecified atom stereocenters. The first kappa shape index (κ1) is 48.7. The zero-order valence-electron chi connectivity index (χ0n) is 39.7. The van der Waals surface area contributed by atoms with Gasteiger partial charge in [-0.05, 0) is 60.8 Å². The van der Waals surface area contributed by atoms with E-state index in [0.717, 1.165) is 43.4 Å². The number of likely N-dealkylation sites (tertiary alicyclic amines) is 2. The zero-order valence-corrected chi connectivity index (χ0v) is 41.3. The number of aromatic nitrogens is 2. The van der Waals surface area contributed by atoms with Gasteiger partial charge in [0.15, 0.2) is 11.1 Å². The number of carbonyl (C=O) groups is 4. The SMILES string of the molecule is Cc1ncsc1-c1ccc([C@]2(C)N=C([C@@H]3C[C@@H](O)CN3C(=O)[C@@H](C)C(C)(C)C)NC2=O)cc1.Cc1ncsc1-c1ccc([C@]2(C)N=C([C@@H]3C[C@@H](O)CN3C(=O)[C@@H](N)C(C)(C)C)NC2=O)cc1. The molecule has 4 aromatic rings. The largest absolute Gasteiger partial charge is 0.391 e. The first-order valence-corrected chi connectivity index (χ1v) is 24.2. The number of thiazole rings is 2. The zero-order chi connectivity index (χ0) is 48.3. The van der Waals surface area contributed by atoms with Crippen molar-refractivity contribution >= 4 is 58.0 Å². The summed E-state index contributed by atoms with van der Waals surface area (Å²) in [6.45, 7) is 21.6. The summed E-state index contributed by atoms with van der Waals surface area (Å²) in [5, 5.41) is 26.5. The van der Waals surface area contributed by atoms with E-state index in [9.17, 15) is 29.4 Å². The van der Waals surface area contributed by atoms with Crippen LogP contribution in [0.1, 0.15) is 97.7 Å². The van der Waals surface area contributed by atoms with Gasteiger partial charge in [0.05, 0.1) is 62.5 Å². The van der Waals surface area contributed by atoms with Crippen LogP contribution < -0.4 is 16.4 Å². The van der Waals surface area contributed by atoms with Crippen LogP contribution in [0.15, 0.2) is 69.5 Å². The number of nitrogens with one attached hydrogen (secondary N) is 2. The second-order valence-corrected chi connectivity index (χ2v) is 22.2. The first-order valence-electron chi connectivity index (χ1n) is 22.4. The number of hydrogen-bond acceptors (Lipinski definition) is 13. The summed E-state index contributed by atoms with van der Waals surface area (Å²) < 4.78 is 0. The number of amidine groups is 2. The third kappa shape index (κ3) is 9.37. The third-order valence-corrected chi connectivity index (χ3v) is 15.5. The molecule has 66 heavy (non-hydrogen) atoms. The van der Waals surface area contributed by atoms with Crippen LogP contribution in [0.25, 0.3) is 20.9 Å². The van der Waals surface area contributed by atoms with Gasteiger partial charge >= 0.3 is 0 Å². The molecule has 4 aliphatic heterocycles. The van der Waals surface area contributed by atoms with Crippen molar-refractivity contribution in [2.75, 3.05) is 13.1 Å². The van der Waals surface area contributed by atoms with E-state index in [1.807, 2.05) is 122 Å². The van der Waals surface area contributed by atoms with Gasteiger partial charge < -0.3 is 36.4 Å². The van der Waals surface area contributed by atoms with E-state index in [2.05, 4.69) is 20.6 Å². The molecule has 0 spiro atoms. The molecule has 0 radical (unpaired) electrons. The monoisotopic (exact) mass is 937 g/mol. The highest BCUT2D eigenvalue weighted by molar-refractivity contribution is 7.13. The molecule has 2 saturated heterocycles. The van der Waals surface area contributed by atoms with Gasteiger partial charge in [0.2, 0.25) is 11.8 Å². The lowest BCUT2D eigenvalue weighted by Crippen LogP contribution is -2.54. The van der Waals surface area contributed by atoms with Gasteiger partial charge in [-0.25, -0.2) is 20.0 Å². The molecule has 8 rings (SSSR count). The normalized spacial score (nSPS) is 26.3. The van der Waals surface area contributed by atoms with E-state index in [1.165, 1.54) is 0 Å². The van der Waals surface area contributed by atoms with Crippen molar-refractivity contribution in [3.63, 3.8) is 0 Å². The molecule has 2 aromatic heterocycles. The molecule has 4 amide bonds. The average Bonchev–Trinajstić information content (AvgIpc) is 4.13. The number of nitrogens with zero attached hydrogens (tertiary/aromatic N) is 6. The Labute approximate surface area is 395 Å². The van der Waals surface area contributed by atoms with Crippen molar-refractivity contribution in [3.8, 4) is 20.9 Å². The van der Waals surface area contributed by atoms with Gasteiger partial charge in [0.1, 0.15) is 11.7 Å². The molecule has 6 N–H and O–H groups in total. The van der Waals surface area contributed by atoms with Crippen molar-refractivity contribution in [1.82, 2.24) is 30.4 Å². The molecular formula is C49H63N9O6S2. The molecule has 2 fully saturated rings. The molecule has 4 aliphatic rings. The van der Waals surface area contributed by atoms with Crippen molar-refractivity contribution < 1.29 is 29.4 Å². The van der Waals surface area contributed by atoms with E-state index in [-0.39, 0.29) is 48.1 Å². The predicted octanol–water partition coefficient (Wildman–Crippen LogP) is 5.70. The van der Waals surface area contributed by atoms with Gasteiger partial charge in [0.25, 0.3) is 11.8 Å². The standard InChI is InChI=1S/C25H32N4O3S.C24H31N5O3S/c1-14(24(3,4)5)22(31)29-12-18(30)11-19(29)21-27-23(32)25(6,28-21)17-9-7-16(8-10-17)20-15(2)26-13-33-20;1-13-18(33-12-26-13)14-6-8-15(9-7-14)24(5)22(32)27-20(28-24)17-10-16(30)11-29(17)21(31)19(25)23(2,3)4/h7-10,13-14,18-19,30H,11-12H2,1-6H3,(H,27,28,32);6-9,12,16-17,19,30H,10-11,25H2,1-5H3,(H,27,28,32)/t14-,18-,19+,25+;16-,17+,19-,24+/m11/s1. The van der Waals surface area contributed by atoms with Crippen LogP contribution in [0.4, 0.5) is 0 Å². The van der Waals surface area contributed by atoms with E-state index in [1.54, 1.807) is 46.3 Å². The maximum Gasteiger partial charge on any atom is 0.257 e. The molecule has 8 atom stereocenters. The molecule has 0 bridgehead atoms. The Morgan fingerprint density at radius 3 is 1.41 bits per heavy atom. The minimum Gasteiger partial charge on any atom is -0.391 e. The Morgan fingerprint density at radius 1 is 0.697 bits per heavy atom. The minimum atomic E-state index is -1.12. The number of rotatable bonds is 8. The Kier molecular flexibility index (Phi) is 13.4. The molecule has 352 valence electrons. The number of amides is 4. The van der Waals surface area contributed by atoms with Crippen molar-refractivity contribution in [2.45, 2.75) is 130 Å². The number of nitrogens with two attached hydrogens (primary N) is 1. The Morgan fingerprint density at radius 2 is 1.08 bits per heavy atom. The number of aliphatic hydroxyl groups excluding tert-OH is 2. The average molecular weight is 938 g/mol. The quantitative estimate of drug-likeness (QED) is 0.146. The van der Waals surface area contributed by atoms with Crippen LogP contribution in [0, 0.1) is 30.6 Å². The fraction of sp³-hybridized carbons (Fsp3) is 0.510. The number of aliphatic hydroxyl groups is 2. The number of benzene rings is 2.